The number of aromatic amines is 2. The summed E-state index contributed by atoms with van der Waals surface area (Å²) in [4.78, 5) is 5.69. The van der Waals surface area contributed by atoms with Gasteiger partial charge >= 0.3 is 0 Å². The summed E-state index contributed by atoms with van der Waals surface area (Å²) in [5.74, 6) is -0.282. The average molecular weight is 243 g/mol. The highest BCUT2D eigenvalue weighted by atomic mass is 35.5. The van der Waals surface area contributed by atoms with Gasteiger partial charge in [-0.05, 0) is 36.8 Å². The third-order valence-electron chi connectivity index (χ3n) is 2.13. The van der Waals surface area contributed by atoms with E-state index in [0.29, 0.717) is 26.6 Å². The molecule has 2 aromatic rings. The number of halogens is 2. The van der Waals surface area contributed by atoms with Gasteiger partial charge in [-0.1, -0.05) is 11.6 Å². The number of rotatable bonds is 1. The fourth-order valence-electron chi connectivity index (χ4n) is 1.33. The summed E-state index contributed by atoms with van der Waals surface area (Å²) >= 11 is 10.9. The van der Waals surface area contributed by atoms with Crippen LogP contribution in [0.1, 0.15) is 5.56 Å². The highest BCUT2D eigenvalue weighted by Crippen LogP contribution is 2.28. The maximum absolute atomic E-state index is 13.3. The summed E-state index contributed by atoms with van der Waals surface area (Å²) < 4.78 is 13.8. The Morgan fingerprint density at radius 1 is 1.40 bits per heavy atom. The maximum atomic E-state index is 13.3. The van der Waals surface area contributed by atoms with E-state index in [-0.39, 0.29) is 5.82 Å². The Hall–Kier alpha value is -1.13. The summed E-state index contributed by atoms with van der Waals surface area (Å²) in [6, 6.07) is 2.99. The molecule has 0 radical (unpaired) electrons. The zero-order valence-corrected chi connectivity index (χ0v) is 9.47. The number of hydrogen-bond donors (Lipinski definition) is 2. The van der Waals surface area contributed by atoms with Crippen LogP contribution in [0, 0.1) is 17.5 Å². The second-order valence-corrected chi connectivity index (χ2v) is 4.05. The van der Waals surface area contributed by atoms with E-state index >= 15 is 0 Å². The molecule has 0 amide bonds. The van der Waals surface area contributed by atoms with Crippen LogP contribution >= 0.6 is 23.8 Å². The van der Waals surface area contributed by atoms with Crippen LogP contribution in [0.5, 0.6) is 0 Å². The van der Waals surface area contributed by atoms with Crippen LogP contribution in [0.4, 0.5) is 4.39 Å². The lowest BCUT2D eigenvalue weighted by atomic mass is 10.1. The number of imidazole rings is 1. The highest BCUT2D eigenvalue weighted by molar-refractivity contribution is 7.71. The molecular weight excluding hydrogens is 235 g/mol. The molecular formula is C10H8ClFN2S. The van der Waals surface area contributed by atoms with Crippen molar-refractivity contribution in [1.82, 2.24) is 9.97 Å². The number of H-pyrrole nitrogens is 2. The minimum absolute atomic E-state index is 0.282. The van der Waals surface area contributed by atoms with E-state index in [2.05, 4.69) is 9.97 Å². The van der Waals surface area contributed by atoms with Crippen molar-refractivity contribution in [2.24, 2.45) is 0 Å². The molecule has 0 aliphatic heterocycles. The molecule has 0 fully saturated rings. The molecule has 0 bridgehead atoms. The van der Waals surface area contributed by atoms with E-state index in [0.717, 1.165) is 0 Å². The van der Waals surface area contributed by atoms with Gasteiger partial charge in [0, 0.05) is 11.8 Å². The van der Waals surface area contributed by atoms with E-state index in [1.165, 1.54) is 6.07 Å². The van der Waals surface area contributed by atoms with E-state index in [4.69, 9.17) is 23.8 Å². The number of hydrogen-bond acceptors (Lipinski definition) is 1. The Balaban J connectivity index is 2.63. The molecule has 1 aromatic carbocycles. The monoisotopic (exact) mass is 242 g/mol. The van der Waals surface area contributed by atoms with Crippen molar-refractivity contribution in [2.45, 2.75) is 6.92 Å². The largest absolute Gasteiger partial charge is 0.337 e. The Morgan fingerprint density at radius 2 is 2.13 bits per heavy atom. The summed E-state index contributed by atoms with van der Waals surface area (Å²) in [5, 5.41) is 0.499. The molecule has 0 spiro atoms. The van der Waals surface area contributed by atoms with Crippen LogP contribution in [0.3, 0.4) is 0 Å². The van der Waals surface area contributed by atoms with Gasteiger partial charge in [-0.2, -0.15) is 0 Å². The van der Waals surface area contributed by atoms with Gasteiger partial charge in [0.25, 0.3) is 0 Å². The summed E-state index contributed by atoms with van der Waals surface area (Å²) in [7, 11) is 0. The van der Waals surface area contributed by atoms with Crippen LogP contribution in [-0.4, -0.2) is 9.97 Å². The zero-order chi connectivity index (χ0) is 11.0. The van der Waals surface area contributed by atoms with E-state index < -0.39 is 0 Å². The van der Waals surface area contributed by atoms with Crippen molar-refractivity contribution in [2.75, 3.05) is 0 Å². The summed E-state index contributed by atoms with van der Waals surface area (Å²) in [6.45, 7) is 1.67. The quantitative estimate of drug-likeness (QED) is 0.732. The van der Waals surface area contributed by atoms with Gasteiger partial charge < -0.3 is 9.97 Å². The topological polar surface area (TPSA) is 31.6 Å². The van der Waals surface area contributed by atoms with Gasteiger partial charge in [0.1, 0.15) is 5.82 Å². The van der Waals surface area contributed by atoms with Crippen LogP contribution in [0.15, 0.2) is 18.3 Å². The molecule has 2 nitrogen and oxygen atoms in total. The Labute approximate surface area is 96.1 Å². The first-order chi connectivity index (χ1) is 7.08. The van der Waals surface area contributed by atoms with E-state index in [1.54, 1.807) is 19.2 Å². The average Bonchev–Trinajstić information content (AvgIpc) is 2.58. The standard InChI is InChI=1S/C10H8ClFN2S/c1-5-2-7(11)6(3-8(5)12)9-4-13-10(15)14-9/h2-4H,1H3,(H2,13,14,15). The van der Waals surface area contributed by atoms with Gasteiger partial charge in [-0.15, -0.1) is 0 Å². The van der Waals surface area contributed by atoms with Crippen molar-refractivity contribution < 1.29 is 4.39 Å². The van der Waals surface area contributed by atoms with Crippen LogP contribution in [0.2, 0.25) is 5.02 Å². The Morgan fingerprint density at radius 3 is 2.73 bits per heavy atom. The number of nitrogens with one attached hydrogen (secondary N) is 2. The Bertz CT molecular complexity index is 559. The van der Waals surface area contributed by atoms with Crippen molar-refractivity contribution in [3.05, 3.63) is 39.5 Å². The molecule has 1 heterocycles. The van der Waals surface area contributed by atoms with Gasteiger partial charge in [0.15, 0.2) is 4.77 Å². The van der Waals surface area contributed by atoms with Gasteiger partial charge in [-0.25, -0.2) is 4.39 Å². The molecule has 0 saturated carbocycles. The number of benzene rings is 1. The van der Waals surface area contributed by atoms with Gasteiger partial charge in [-0.3, -0.25) is 0 Å². The van der Waals surface area contributed by atoms with Crippen LogP contribution in [-0.2, 0) is 0 Å². The third kappa shape index (κ3) is 1.96. The minimum Gasteiger partial charge on any atom is -0.337 e. The molecule has 2 rings (SSSR count). The normalized spacial score (nSPS) is 10.6. The van der Waals surface area contributed by atoms with E-state index in [1.807, 2.05) is 0 Å². The number of aryl methyl sites for hydroxylation is 1. The molecule has 78 valence electrons. The lowest BCUT2D eigenvalue weighted by molar-refractivity contribution is 0.619. The molecule has 0 atom stereocenters. The first kappa shape index (κ1) is 10.4. The molecule has 0 unspecified atom stereocenters. The van der Waals surface area contributed by atoms with E-state index in [9.17, 15) is 4.39 Å². The first-order valence-corrected chi connectivity index (χ1v) is 5.10. The number of aromatic nitrogens is 2. The lowest BCUT2D eigenvalue weighted by Gasteiger charge is -2.03. The third-order valence-corrected chi connectivity index (χ3v) is 2.67. The molecule has 15 heavy (non-hydrogen) atoms. The second-order valence-electron chi connectivity index (χ2n) is 3.24. The molecule has 0 aliphatic carbocycles. The second kappa shape index (κ2) is 3.79. The van der Waals surface area contributed by atoms with Crippen molar-refractivity contribution >= 4 is 23.8 Å². The SMILES string of the molecule is Cc1cc(Cl)c(-c2c[nH]c(=S)[nH]2)cc1F. The first-order valence-electron chi connectivity index (χ1n) is 4.31. The Kier molecular flexibility index (Phi) is 2.63. The summed E-state index contributed by atoms with van der Waals surface area (Å²) in [6.07, 6.45) is 1.66. The highest BCUT2D eigenvalue weighted by Gasteiger charge is 2.08. The summed E-state index contributed by atoms with van der Waals surface area (Å²) in [5.41, 5.74) is 1.81. The predicted octanol–water partition coefficient (Wildman–Crippen LogP) is 3.84. The van der Waals surface area contributed by atoms with Gasteiger partial charge in [0.2, 0.25) is 0 Å². The smallest absolute Gasteiger partial charge is 0.174 e. The van der Waals surface area contributed by atoms with Crippen molar-refractivity contribution in [1.29, 1.82) is 0 Å². The fourth-order valence-corrected chi connectivity index (χ4v) is 1.82. The zero-order valence-electron chi connectivity index (χ0n) is 7.90. The minimum atomic E-state index is -0.282. The lowest BCUT2D eigenvalue weighted by Crippen LogP contribution is -1.86. The van der Waals surface area contributed by atoms with Crippen LogP contribution < -0.4 is 0 Å². The molecule has 0 aliphatic rings. The molecule has 0 saturated heterocycles. The fraction of sp³-hybridized carbons (Fsp3) is 0.100. The molecule has 1 aromatic heterocycles. The maximum Gasteiger partial charge on any atom is 0.174 e. The van der Waals surface area contributed by atoms with Crippen molar-refractivity contribution in [3.63, 3.8) is 0 Å². The molecule has 5 heteroatoms. The molecule has 2 N–H and O–H groups in total. The van der Waals surface area contributed by atoms with Crippen molar-refractivity contribution in [3.8, 4) is 11.3 Å². The van der Waals surface area contributed by atoms with Crippen LogP contribution in [0.25, 0.3) is 11.3 Å². The predicted molar refractivity (Wildman–Crippen MR) is 61.1 cm³/mol. The van der Waals surface area contributed by atoms with Gasteiger partial charge in [0.05, 0.1) is 10.7 Å².